The number of hydrogen-bond donors (Lipinski definition) is 1. The second-order valence-corrected chi connectivity index (χ2v) is 8.81. The number of para-hydroxylation sites is 1. The maximum atomic E-state index is 11.7. The van der Waals surface area contributed by atoms with E-state index in [0.717, 1.165) is 0 Å². The molecule has 6 heteroatoms. The lowest BCUT2D eigenvalue weighted by atomic mass is 10.3. The van der Waals surface area contributed by atoms with Crippen molar-refractivity contribution in [1.82, 2.24) is 5.09 Å². The third-order valence-electron chi connectivity index (χ3n) is 2.16. The number of benzene rings is 1. The molecule has 106 valence electrons. The van der Waals surface area contributed by atoms with Gasteiger partial charge in [0, 0.05) is 6.66 Å². The largest absolute Gasteiger partial charge is 0.462 e. The predicted octanol–water partition coefficient (Wildman–Crippen LogP) is 2.93. The summed E-state index contributed by atoms with van der Waals surface area (Å²) >= 11 is 5.40. The van der Waals surface area contributed by atoms with Crippen LogP contribution in [0.2, 0.25) is 0 Å². The SMILES string of the molecule is CC(C)OC(=O)[C@H](C)N[P@](C)(=S)Oc1ccccc1. The van der Waals surface area contributed by atoms with Crippen LogP contribution >= 0.6 is 6.42 Å². The molecular formula is C13H20NO3PS. The molecule has 1 aromatic carbocycles. The molecule has 0 unspecified atom stereocenters. The van der Waals surface area contributed by atoms with Gasteiger partial charge >= 0.3 is 5.97 Å². The zero-order valence-electron chi connectivity index (χ0n) is 11.6. The van der Waals surface area contributed by atoms with Crippen molar-refractivity contribution >= 4 is 24.2 Å². The van der Waals surface area contributed by atoms with Gasteiger partial charge in [0.05, 0.1) is 6.10 Å². The van der Waals surface area contributed by atoms with Gasteiger partial charge in [0.15, 0.2) is 6.42 Å². The number of nitrogens with one attached hydrogen (secondary N) is 1. The van der Waals surface area contributed by atoms with Gasteiger partial charge in [-0.25, -0.2) is 5.09 Å². The normalized spacial score (nSPS) is 15.6. The standard InChI is InChI=1S/C13H20NO3PS/c1-10(2)16-13(15)11(3)14-18(4,19)17-12-8-6-5-7-9-12/h5-11H,1-4H3,(H,14,19)/t11-,18-/m0/s1. The van der Waals surface area contributed by atoms with E-state index in [1.165, 1.54) is 0 Å². The zero-order valence-corrected chi connectivity index (χ0v) is 13.3. The van der Waals surface area contributed by atoms with Crippen LogP contribution in [-0.4, -0.2) is 24.8 Å². The zero-order chi connectivity index (χ0) is 14.5. The summed E-state index contributed by atoms with van der Waals surface area (Å²) in [5, 5.41) is 3.04. The molecule has 4 nitrogen and oxygen atoms in total. The fourth-order valence-corrected chi connectivity index (χ4v) is 3.57. The molecule has 0 fully saturated rings. The Bertz CT molecular complexity index is 464. The Labute approximate surface area is 119 Å². The third kappa shape index (κ3) is 6.19. The summed E-state index contributed by atoms with van der Waals surface area (Å²) < 4.78 is 10.9. The molecule has 1 aromatic rings. The molecule has 0 amide bonds. The van der Waals surface area contributed by atoms with Gasteiger partial charge in [-0.3, -0.25) is 4.79 Å². The van der Waals surface area contributed by atoms with Crippen molar-refractivity contribution in [3.05, 3.63) is 30.3 Å². The van der Waals surface area contributed by atoms with E-state index < -0.39 is 12.5 Å². The summed E-state index contributed by atoms with van der Waals surface area (Å²) in [7, 11) is 0. The van der Waals surface area contributed by atoms with Gasteiger partial charge < -0.3 is 9.26 Å². The second kappa shape index (κ2) is 7.04. The minimum atomic E-state index is -2.29. The smallest absolute Gasteiger partial charge is 0.323 e. The van der Waals surface area contributed by atoms with E-state index in [2.05, 4.69) is 5.09 Å². The highest BCUT2D eigenvalue weighted by atomic mass is 32.4. The first-order valence-electron chi connectivity index (χ1n) is 6.10. The van der Waals surface area contributed by atoms with Crippen LogP contribution in [0.3, 0.4) is 0 Å². The molecule has 0 aliphatic carbocycles. The van der Waals surface area contributed by atoms with Crippen molar-refractivity contribution in [1.29, 1.82) is 0 Å². The summed E-state index contributed by atoms with van der Waals surface area (Å²) in [6.45, 7) is 7.15. The van der Waals surface area contributed by atoms with E-state index in [4.69, 9.17) is 21.1 Å². The highest BCUT2D eigenvalue weighted by Crippen LogP contribution is 2.39. The first kappa shape index (κ1) is 16.2. The van der Waals surface area contributed by atoms with Crippen molar-refractivity contribution < 1.29 is 14.1 Å². The lowest BCUT2D eigenvalue weighted by molar-refractivity contribution is -0.148. The van der Waals surface area contributed by atoms with Gasteiger partial charge in [-0.15, -0.1) is 0 Å². The van der Waals surface area contributed by atoms with E-state index >= 15 is 0 Å². The molecule has 1 N–H and O–H groups in total. The summed E-state index contributed by atoms with van der Waals surface area (Å²) in [6, 6.07) is 8.85. The first-order chi connectivity index (χ1) is 8.80. The summed E-state index contributed by atoms with van der Waals surface area (Å²) in [6.07, 6.45) is -2.42. The molecule has 1 rings (SSSR count). The number of carbonyl (C=O) groups excluding carboxylic acids is 1. The fourth-order valence-electron chi connectivity index (χ4n) is 1.45. The number of carbonyl (C=O) groups is 1. The van der Waals surface area contributed by atoms with E-state index in [-0.39, 0.29) is 12.1 Å². The number of rotatable bonds is 6. The highest BCUT2D eigenvalue weighted by Gasteiger charge is 2.22. The molecular weight excluding hydrogens is 281 g/mol. The Morgan fingerprint density at radius 3 is 2.37 bits per heavy atom. The molecule has 0 saturated carbocycles. The van der Waals surface area contributed by atoms with Crippen LogP contribution in [0.4, 0.5) is 0 Å². The average Bonchev–Trinajstić information content (AvgIpc) is 2.27. The second-order valence-electron chi connectivity index (χ2n) is 4.59. The molecule has 0 aliphatic rings. The van der Waals surface area contributed by atoms with Gasteiger partial charge in [0.2, 0.25) is 0 Å². The molecule has 0 heterocycles. The van der Waals surface area contributed by atoms with Crippen LogP contribution in [0.15, 0.2) is 30.3 Å². The molecule has 0 saturated heterocycles. The van der Waals surface area contributed by atoms with Crippen LogP contribution in [0, 0.1) is 0 Å². The van der Waals surface area contributed by atoms with Crippen molar-refractivity contribution in [3.8, 4) is 5.75 Å². The number of hydrogen-bond acceptors (Lipinski definition) is 4. The van der Waals surface area contributed by atoms with E-state index in [1.54, 1.807) is 13.6 Å². The van der Waals surface area contributed by atoms with E-state index in [0.29, 0.717) is 5.75 Å². The Hall–Kier alpha value is -0.900. The van der Waals surface area contributed by atoms with Crippen molar-refractivity contribution in [2.45, 2.75) is 32.9 Å². The molecule has 19 heavy (non-hydrogen) atoms. The summed E-state index contributed by atoms with van der Waals surface area (Å²) in [5.74, 6) is 0.382. The molecule has 0 aromatic heterocycles. The lowest BCUT2D eigenvalue weighted by Gasteiger charge is -2.24. The van der Waals surface area contributed by atoms with E-state index in [1.807, 2.05) is 44.2 Å². The maximum Gasteiger partial charge on any atom is 0.323 e. The minimum Gasteiger partial charge on any atom is -0.462 e. The van der Waals surface area contributed by atoms with Gasteiger partial charge in [0.25, 0.3) is 0 Å². The Kier molecular flexibility index (Phi) is 5.98. The Balaban J connectivity index is 2.59. The van der Waals surface area contributed by atoms with Gasteiger partial charge in [-0.05, 0) is 44.7 Å². The Morgan fingerprint density at radius 2 is 1.84 bits per heavy atom. The molecule has 0 spiro atoms. The van der Waals surface area contributed by atoms with Crippen LogP contribution in [0.25, 0.3) is 0 Å². The quantitative estimate of drug-likeness (QED) is 0.646. The fraction of sp³-hybridized carbons (Fsp3) is 0.462. The monoisotopic (exact) mass is 301 g/mol. The third-order valence-corrected chi connectivity index (χ3v) is 4.11. The summed E-state index contributed by atoms with van der Waals surface area (Å²) in [4.78, 5) is 11.7. The van der Waals surface area contributed by atoms with Crippen molar-refractivity contribution in [2.75, 3.05) is 6.66 Å². The number of ether oxygens (including phenoxy) is 1. The molecule has 2 atom stereocenters. The predicted molar refractivity (Wildman–Crippen MR) is 81.1 cm³/mol. The van der Waals surface area contributed by atoms with Crippen LogP contribution in [-0.2, 0) is 21.3 Å². The van der Waals surface area contributed by atoms with Crippen LogP contribution in [0.1, 0.15) is 20.8 Å². The molecule has 0 radical (unpaired) electrons. The summed E-state index contributed by atoms with van der Waals surface area (Å²) in [5.41, 5.74) is 0. The van der Waals surface area contributed by atoms with Crippen LogP contribution in [0.5, 0.6) is 5.75 Å². The van der Waals surface area contributed by atoms with Gasteiger partial charge in [-0.2, -0.15) is 0 Å². The van der Waals surface area contributed by atoms with Gasteiger partial charge in [-0.1, -0.05) is 18.2 Å². The molecule has 0 aliphatic heterocycles. The van der Waals surface area contributed by atoms with Crippen molar-refractivity contribution in [3.63, 3.8) is 0 Å². The van der Waals surface area contributed by atoms with Gasteiger partial charge in [0.1, 0.15) is 11.8 Å². The van der Waals surface area contributed by atoms with Crippen LogP contribution < -0.4 is 9.61 Å². The highest BCUT2D eigenvalue weighted by molar-refractivity contribution is 8.11. The topological polar surface area (TPSA) is 47.6 Å². The number of esters is 1. The minimum absolute atomic E-state index is 0.137. The molecule has 0 bridgehead atoms. The lowest BCUT2D eigenvalue weighted by Crippen LogP contribution is -2.35. The average molecular weight is 301 g/mol. The van der Waals surface area contributed by atoms with Crippen molar-refractivity contribution in [2.24, 2.45) is 0 Å². The first-order valence-corrected chi connectivity index (χ1v) is 9.27. The Morgan fingerprint density at radius 1 is 1.26 bits per heavy atom. The maximum absolute atomic E-state index is 11.7. The van der Waals surface area contributed by atoms with E-state index in [9.17, 15) is 4.79 Å².